The van der Waals surface area contributed by atoms with Crippen LogP contribution in [0.15, 0.2) is 25.6 Å². The molecule has 0 aromatic carbocycles. The fourth-order valence-corrected chi connectivity index (χ4v) is 4.40. The molecule has 2 fully saturated rings. The molecule has 2 aromatic rings. The summed E-state index contributed by atoms with van der Waals surface area (Å²) in [7, 11) is 0. The van der Waals surface area contributed by atoms with Crippen molar-refractivity contribution in [1.82, 2.24) is 9.88 Å². The van der Waals surface area contributed by atoms with Crippen molar-refractivity contribution in [1.29, 1.82) is 5.26 Å². The quantitative estimate of drug-likeness (QED) is 0.820. The number of furan rings is 1. The number of aromatic nitrogens is 1. The van der Waals surface area contributed by atoms with Crippen molar-refractivity contribution in [3.8, 4) is 17.7 Å². The number of hydrogen-bond donors (Lipinski definition) is 1. The summed E-state index contributed by atoms with van der Waals surface area (Å²) < 4.78 is 11.8. The third-order valence-electron chi connectivity index (χ3n) is 5.27. The summed E-state index contributed by atoms with van der Waals surface area (Å²) in [5.74, 6) is 1.87. The van der Waals surface area contributed by atoms with Crippen LogP contribution in [-0.2, 0) is 0 Å². The van der Waals surface area contributed by atoms with Gasteiger partial charge in [-0.05, 0) is 72.8 Å². The van der Waals surface area contributed by atoms with Crippen LogP contribution in [0.2, 0.25) is 0 Å². The Balaban J connectivity index is 1.47. The van der Waals surface area contributed by atoms with Crippen LogP contribution in [0.3, 0.4) is 0 Å². The summed E-state index contributed by atoms with van der Waals surface area (Å²) in [6, 6.07) is 6.30. The highest BCUT2D eigenvalue weighted by Gasteiger charge is 2.33. The smallest absolute Gasteiger partial charge is 0.266 e. The van der Waals surface area contributed by atoms with E-state index in [0.717, 1.165) is 6.54 Å². The molecule has 0 saturated carbocycles. The lowest BCUT2D eigenvalue weighted by molar-refractivity contribution is 0.0647. The van der Waals surface area contributed by atoms with Gasteiger partial charge < -0.3 is 19.1 Å². The topological polar surface area (TPSA) is 78.2 Å². The van der Waals surface area contributed by atoms with Crippen LogP contribution in [0.1, 0.15) is 37.8 Å². The maximum atomic E-state index is 9.35. The van der Waals surface area contributed by atoms with Gasteiger partial charge in [-0.2, -0.15) is 10.2 Å². The molecule has 1 N–H and O–H groups in total. The molecular weight excluding hydrogens is 384 g/mol. The van der Waals surface area contributed by atoms with Crippen LogP contribution in [0.25, 0.3) is 11.7 Å². The first-order valence-corrected chi connectivity index (χ1v) is 9.68. The maximum absolute atomic E-state index is 9.35. The zero-order valence-corrected chi connectivity index (χ0v) is 15.6. The van der Waals surface area contributed by atoms with Crippen LogP contribution >= 0.6 is 15.9 Å². The molecule has 2 aliphatic heterocycles. The lowest BCUT2D eigenvalue weighted by atomic mass is 9.83. The highest BCUT2D eigenvalue weighted by atomic mass is 79.9. The van der Waals surface area contributed by atoms with E-state index in [4.69, 9.17) is 8.83 Å². The summed E-state index contributed by atoms with van der Waals surface area (Å²) in [6.45, 7) is 3.27. The third kappa shape index (κ3) is 3.46. The molecule has 2 aliphatic rings. The predicted molar refractivity (Wildman–Crippen MR) is 97.0 cm³/mol. The Labute approximate surface area is 155 Å². The predicted octanol–water partition coefficient (Wildman–Crippen LogP) is 4.25. The summed E-state index contributed by atoms with van der Waals surface area (Å²) in [6.07, 6.45) is 6.39. The SMILES string of the molecule is N#Cc1nc(-c2ccc(Br)o2)oc1NCC1CCCN2CCCCC12. The molecule has 0 amide bonds. The maximum Gasteiger partial charge on any atom is 0.266 e. The first kappa shape index (κ1) is 16.7. The molecule has 4 rings (SSSR count). The summed E-state index contributed by atoms with van der Waals surface area (Å²) in [5, 5.41) is 12.7. The Kier molecular flexibility index (Phi) is 4.82. The van der Waals surface area contributed by atoms with Crippen molar-refractivity contribution >= 4 is 21.8 Å². The minimum atomic E-state index is 0.277. The molecule has 0 radical (unpaired) electrons. The number of hydrogen-bond acceptors (Lipinski definition) is 6. The van der Waals surface area contributed by atoms with Crippen LogP contribution in [0.5, 0.6) is 0 Å². The Hall–Kier alpha value is -1.78. The van der Waals surface area contributed by atoms with Gasteiger partial charge >= 0.3 is 0 Å². The van der Waals surface area contributed by atoms with Gasteiger partial charge in [0.25, 0.3) is 5.89 Å². The number of anilines is 1. The zero-order valence-electron chi connectivity index (χ0n) is 14.0. The van der Waals surface area contributed by atoms with Crippen LogP contribution in [-0.4, -0.2) is 35.6 Å². The van der Waals surface area contributed by atoms with Crippen molar-refractivity contribution in [2.75, 3.05) is 25.0 Å². The van der Waals surface area contributed by atoms with Gasteiger partial charge in [0.2, 0.25) is 11.6 Å². The normalized spacial score (nSPS) is 23.8. The van der Waals surface area contributed by atoms with Gasteiger partial charge in [-0.3, -0.25) is 0 Å². The Morgan fingerprint density at radius 3 is 2.92 bits per heavy atom. The lowest BCUT2D eigenvalue weighted by Gasteiger charge is -2.44. The molecule has 2 atom stereocenters. The van der Waals surface area contributed by atoms with Gasteiger partial charge in [-0.15, -0.1) is 0 Å². The molecule has 2 saturated heterocycles. The Bertz CT molecular complexity index is 776. The van der Waals surface area contributed by atoms with E-state index in [9.17, 15) is 5.26 Å². The van der Waals surface area contributed by atoms with Crippen LogP contribution in [0.4, 0.5) is 5.88 Å². The number of oxazole rings is 1. The first-order chi connectivity index (χ1) is 12.2. The minimum absolute atomic E-state index is 0.277. The van der Waals surface area contributed by atoms with Crippen molar-refractivity contribution in [3.63, 3.8) is 0 Å². The highest BCUT2D eigenvalue weighted by Crippen LogP contribution is 2.32. The molecule has 7 heteroatoms. The lowest BCUT2D eigenvalue weighted by Crippen LogP contribution is -2.49. The monoisotopic (exact) mass is 404 g/mol. The zero-order chi connectivity index (χ0) is 17.2. The van der Waals surface area contributed by atoms with Gasteiger partial charge in [0, 0.05) is 12.6 Å². The van der Waals surface area contributed by atoms with E-state index in [2.05, 4.69) is 37.2 Å². The molecular formula is C18H21BrN4O2. The van der Waals surface area contributed by atoms with E-state index in [1.807, 2.05) is 0 Å². The molecule has 0 aliphatic carbocycles. The molecule has 4 heterocycles. The van der Waals surface area contributed by atoms with Crippen molar-refractivity contribution in [2.45, 2.75) is 38.1 Å². The Morgan fingerprint density at radius 1 is 1.24 bits per heavy atom. The molecule has 25 heavy (non-hydrogen) atoms. The molecule has 6 nitrogen and oxygen atoms in total. The average molecular weight is 405 g/mol. The second kappa shape index (κ2) is 7.22. The van der Waals surface area contributed by atoms with E-state index >= 15 is 0 Å². The number of nitrogens with zero attached hydrogens (tertiary/aromatic N) is 3. The summed E-state index contributed by atoms with van der Waals surface area (Å²) >= 11 is 3.27. The molecule has 132 valence electrons. The largest absolute Gasteiger partial charge is 0.444 e. The molecule has 0 spiro atoms. The summed E-state index contributed by atoms with van der Waals surface area (Å²) in [5.41, 5.74) is 0.277. The second-order valence-corrected chi connectivity index (χ2v) is 7.58. The average Bonchev–Trinajstić information content (AvgIpc) is 3.25. The number of nitriles is 1. The van der Waals surface area contributed by atoms with Crippen molar-refractivity contribution in [3.05, 3.63) is 22.5 Å². The summed E-state index contributed by atoms with van der Waals surface area (Å²) in [4.78, 5) is 6.88. The van der Waals surface area contributed by atoms with Gasteiger partial charge in [0.05, 0.1) is 0 Å². The second-order valence-electron chi connectivity index (χ2n) is 6.79. The molecule has 2 unspecified atom stereocenters. The highest BCUT2D eigenvalue weighted by molar-refractivity contribution is 9.10. The fraction of sp³-hybridized carbons (Fsp3) is 0.556. The number of fused-ring (bicyclic) bond motifs is 1. The van der Waals surface area contributed by atoms with Gasteiger partial charge in [0.15, 0.2) is 10.4 Å². The van der Waals surface area contributed by atoms with Crippen molar-refractivity contribution in [2.24, 2.45) is 5.92 Å². The fourth-order valence-electron chi connectivity index (χ4n) is 4.09. The van der Waals surface area contributed by atoms with Gasteiger partial charge in [-0.25, -0.2) is 0 Å². The van der Waals surface area contributed by atoms with Gasteiger partial charge in [-0.1, -0.05) is 6.42 Å². The standard InChI is InChI=1S/C18H21BrN4O2/c19-16-7-6-15(24-16)18-22-13(10-20)17(25-18)21-11-12-4-3-9-23-8-2-1-5-14(12)23/h6-7,12,14,21H,1-5,8-9,11H2. The minimum Gasteiger partial charge on any atom is -0.444 e. The van der Waals surface area contributed by atoms with E-state index in [1.54, 1.807) is 12.1 Å². The van der Waals surface area contributed by atoms with E-state index in [0.29, 0.717) is 34.2 Å². The van der Waals surface area contributed by atoms with E-state index in [-0.39, 0.29) is 5.69 Å². The number of nitrogens with one attached hydrogen (secondary N) is 1. The number of rotatable bonds is 4. The third-order valence-corrected chi connectivity index (χ3v) is 5.70. The van der Waals surface area contributed by atoms with Crippen LogP contribution in [0, 0.1) is 17.2 Å². The number of halogens is 1. The molecule has 0 bridgehead atoms. The van der Waals surface area contributed by atoms with Crippen molar-refractivity contribution < 1.29 is 8.83 Å². The molecule has 2 aromatic heterocycles. The van der Waals surface area contributed by atoms with E-state index in [1.165, 1.54) is 45.2 Å². The first-order valence-electron chi connectivity index (χ1n) is 8.89. The number of piperidine rings is 2. The van der Waals surface area contributed by atoms with Gasteiger partial charge in [0.1, 0.15) is 6.07 Å². The van der Waals surface area contributed by atoms with E-state index < -0.39 is 0 Å². The Morgan fingerprint density at radius 2 is 2.12 bits per heavy atom. The van der Waals surface area contributed by atoms with Crippen LogP contribution < -0.4 is 5.32 Å².